The van der Waals surface area contributed by atoms with Crippen molar-refractivity contribution in [2.24, 2.45) is 5.92 Å². The average Bonchev–Trinajstić information content (AvgIpc) is 3.28. The van der Waals surface area contributed by atoms with Crippen LogP contribution in [0.25, 0.3) is 19.5 Å². The van der Waals surface area contributed by atoms with Crippen LogP contribution >= 0.6 is 22.7 Å². The second-order valence-corrected chi connectivity index (χ2v) is 9.46. The zero-order chi connectivity index (χ0) is 16.8. The minimum Gasteiger partial charge on any atom is -0.338 e. The maximum atomic E-state index is 12.9. The quantitative estimate of drug-likeness (QED) is 0.721. The molecule has 1 amide bonds. The topological polar surface area (TPSA) is 32.3 Å². The van der Waals surface area contributed by atoms with Crippen LogP contribution in [-0.4, -0.2) is 36.5 Å². The molecule has 2 fully saturated rings. The van der Waals surface area contributed by atoms with E-state index in [4.69, 9.17) is 0 Å². The lowest BCUT2D eigenvalue weighted by Gasteiger charge is -2.32. The maximum Gasteiger partial charge on any atom is 0.263 e. The van der Waals surface area contributed by atoms with Gasteiger partial charge in [0.2, 0.25) is 0 Å². The fourth-order valence-corrected chi connectivity index (χ4v) is 6.20. The number of likely N-dealkylation sites (tertiary alicyclic amines) is 1. The number of amides is 1. The van der Waals surface area contributed by atoms with Gasteiger partial charge in [0.15, 0.2) is 0 Å². The number of fused-ring (bicyclic) bond motifs is 3. The van der Waals surface area contributed by atoms with Crippen molar-refractivity contribution >= 4 is 48.1 Å². The standard InChI is InChI=1S/C20H22N2OS2/c23-20(22-9-7-14(8-10-22)21-12-13-5-6-13)18-11-17-19(25-18)15-3-1-2-4-16(15)24-17/h1-4,11,13-14,21H,5-10,12H2. The minimum atomic E-state index is 0.220. The van der Waals surface area contributed by atoms with Crippen molar-refractivity contribution in [2.45, 2.75) is 31.7 Å². The van der Waals surface area contributed by atoms with Crippen LogP contribution in [-0.2, 0) is 0 Å². The molecule has 1 saturated heterocycles. The Balaban J connectivity index is 1.28. The number of benzene rings is 1. The summed E-state index contributed by atoms with van der Waals surface area (Å²) in [7, 11) is 0. The molecule has 25 heavy (non-hydrogen) atoms. The lowest BCUT2D eigenvalue weighted by molar-refractivity contribution is 0.0710. The predicted molar refractivity (Wildman–Crippen MR) is 107 cm³/mol. The second kappa shape index (κ2) is 6.38. The van der Waals surface area contributed by atoms with Crippen molar-refractivity contribution in [3.63, 3.8) is 0 Å². The van der Waals surface area contributed by atoms with E-state index < -0.39 is 0 Å². The van der Waals surface area contributed by atoms with Crippen molar-refractivity contribution in [3.05, 3.63) is 35.2 Å². The Labute approximate surface area is 155 Å². The van der Waals surface area contributed by atoms with E-state index in [1.54, 1.807) is 22.7 Å². The highest BCUT2D eigenvalue weighted by Gasteiger charge is 2.27. The molecule has 5 rings (SSSR count). The molecule has 130 valence electrons. The normalized spacial score (nSPS) is 19.1. The molecule has 0 unspecified atom stereocenters. The molecule has 1 aromatic carbocycles. The Hall–Kier alpha value is -1.43. The number of nitrogens with one attached hydrogen (secondary N) is 1. The summed E-state index contributed by atoms with van der Waals surface area (Å²) in [5.74, 6) is 1.15. The van der Waals surface area contributed by atoms with Gasteiger partial charge in [-0.3, -0.25) is 4.79 Å². The van der Waals surface area contributed by atoms with Crippen molar-refractivity contribution in [2.75, 3.05) is 19.6 Å². The number of hydrogen-bond donors (Lipinski definition) is 1. The molecule has 0 bridgehead atoms. The van der Waals surface area contributed by atoms with Gasteiger partial charge in [-0.05, 0) is 50.3 Å². The summed E-state index contributed by atoms with van der Waals surface area (Å²) in [5.41, 5.74) is 0. The van der Waals surface area contributed by atoms with Crippen molar-refractivity contribution in [1.82, 2.24) is 10.2 Å². The van der Waals surface area contributed by atoms with Crippen molar-refractivity contribution in [1.29, 1.82) is 0 Å². The Kier molecular flexibility index (Phi) is 4.03. The van der Waals surface area contributed by atoms with E-state index in [1.165, 1.54) is 38.9 Å². The molecule has 1 aliphatic heterocycles. The Morgan fingerprint density at radius 2 is 1.88 bits per heavy atom. The van der Waals surface area contributed by atoms with Crippen LogP contribution in [0.3, 0.4) is 0 Å². The highest BCUT2D eigenvalue weighted by molar-refractivity contribution is 7.33. The third-order valence-corrected chi connectivity index (χ3v) is 7.84. The summed E-state index contributed by atoms with van der Waals surface area (Å²) in [6.45, 7) is 2.94. The lowest BCUT2D eigenvalue weighted by Crippen LogP contribution is -2.45. The molecule has 0 spiro atoms. The van der Waals surface area contributed by atoms with Gasteiger partial charge in [0.1, 0.15) is 0 Å². The average molecular weight is 371 g/mol. The molecule has 0 radical (unpaired) electrons. The smallest absolute Gasteiger partial charge is 0.263 e. The van der Waals surface area contributed by atoms with E-state index in [0.29, 0.717) is 6.04 Å². The van der Waals surface area contributed by atoms with E-state index in [0.717, 1.165) is 36.7 Å². The zero-order valence-corrected chi connectivity index (χ0v) is 15.8. The third kappa shape index (κ3) is 3.09. The van der Waals surface area contributed by atoms with Crippen molar-refractivity contribution < 1.29 is 4.79 Å². The molecular weight excluding hydrogens is 348 g/mol. The molecule has 1 saturated carbocycles. The van der Waals surface area contributed by atoms with Gasteiger partial charge in [0, 0.05) is 33.9 Å². The largest absolute Gasteiger partial charge is 0.338 e. The number of hydrogen-bond acceptors (Lipinski definition) is 4. The molecule has 1 N–H and O–H groups in total. The Morgan fingerprint density at radius 1 is 1.08 bits per heavy atom. The summed E-state index contributed by atoms with van der Waals surface area (Å²) >= 11 is 3.45. The van der Waals surface area contributed by atoms with Crippen molar-refractivity contribution in [3.8, 4) is 0 Å². The van der Waals surface area contributed by atoms with Gasteiger partial charge in [-0.2, -0.15) is 0 Å². The van der Waals surface area contributed by atoms with Crippen LogP contribution in [0.4, 0.5) is 0 Å². The molecular formula is C20H22N2OS2. The molecule has 2 aromatic heterocycles. The number of piperidine rings is 1. The molecule has 3 nitrogen and oxygen atoms in total. The summed E-state index contributed by atoms with van der Waals surface area (Å²) in [4.78, 5) is 15.9. The van der Waals surface area contributed by atoms with Crippen LogP contribution in [0.15, 0.2) is 30.3 Å². The Bertz CT molecular complexity index is 916. The minimum absolute atomic E-state index is 0.220. The number of carbonyl (C=O) groups excluding carboxylic acids is 1. The number of thiophene rings is 2. The first-order valence-electron chi connectivity index (χ1n) is 9.21. The molecule has 3 heterocycles. The van der Waals surface area contributed by atoms with E-state index in [1.807, 2.05) is 4.90 Å². The highest BCUT2D eigenvalue weighted by Crippen LogP contribution is 2.39. The first-order valence-corrected chi connectivity index (χ1v) is 10.8. The summed E-state index contributed by atoms with van der Waals surface area (Å²) < 4.78 is 3.82. The van der Waals surface area contributed by atoms with Crippen LogP contribution in [0.2, 0.25) is 0 Å². The fourth-order valence-electron chi connectivity index (χ4n) is 3.70. The first-order chi connectivity index (χ1) is 12.3. The van der Waals surface area contributed by atoms with E-state index >= 15 is 0 Å². The van der Waals surface area contributed by atoms with Gasteiger partial charge in [-0.25, -0.2) is 0 Å². The van der Waals surface area contributed by atoms with Crippen LogP contribution in [0.5, 0.6) is 0 Å². The molecule has 5 heteroatoms. The van der Waals surface area contributed by atoms with E-state index in [2.05, 4.69) is 35.6 Å². The fraction of sp³-hybridized carbons (Fsp3) is 0.450. The second-order valence-electron chi connectivity index (χ2n) is 7.32. The van der Waals surface area contributed by atoms with Gasteiger partial charge >= 0.3 is 0 Å². The van der Waals surface area contributed by atoms with Gasteiger partial charge in [0.05, 0.1) is 9.58 Å². The van der Waals surface area contributed by atoms with Crippen LogP contribution in [0, 0.1) is 5.92 Å². The molecule has 3 aromatic rings. The van der Waals surface area contributed by atoms with Gasteiger partial charge in [0.25, 0.3) is 5.91 Å². The van der Waals surface area contributed by atoms with Crippen LogP contribution < -0.4 is 5.32 Å². The van der Waals surface area contributed by atoms with Gasteiger partial charge in [-0.1, -0.05) is 18.2 Å². The van der Waals surface area contributed by atoms with Gasteiger partial charge < -0.3 is 10.2 Å². The van der Waals surface area contributed by atoms with E-state index in [-0.39, 0.29) is 5.91 Å². The number of rotatable bonds is 4. The van der Waals surface area contributed by atoms with E-state index in [9.17, 15) is 4.79 Å². The number of carbonyl (C=O) groups is 1. The number of nitrogens with zero attached hydrogens (tertiary/aromatic N) is 1. The molecule has 1 aliphatic carbocycles. The Morgan fingerprint density at radius 3 is 2.68 bits per heavy atom. The van der Waals surface area contributed by atoms with Crippen LogP contribution in [0.1, 0.15) is 35.4 Å². The van der Waals surface area contributed by atoms with Gasteiger partial charge in [-0.15, -0.1) is 22.7 Å². The monoisotopic (exact) mass is 370 g/mol. The lowest BCUT2D eigenvalue weighted by atomic mass is 10.0. The summed E-state index contributed by atoms with van der Waals surface area (Å²) in [5, 5.41) is 4.97. The third-order valence-electron chi connectivity index (χ3n) is 5.43. The zero-order valence-electron chi connectivity index (χ0n) is 14.2. The molecule has 2 aliphatic rings. The summed E-state index contributed by atoms with van der Waals surface area (Å²) in [6.07, 6.45) is 4.96. The predicted octanol–water partition coefficient (Wildman–Crippen LogP) is 4.72. The SMILES string of the molecule is O=C(c1cc2sc3ccccc3c2s1)N1CCC(NCC2CC2)CC1. The first kappa shape index (κ1) is 15.8. The molecule has 0 atom stereocenters. The highest BCUT2D eigenvalue weighted by atomic mass is 32.1. The summed E-state index contributed by atoms with van der Waals surface area (Å²) in [6, 6.07) is 11.2. The maximum absolute atomic E-state index is 12.9.